The Labute approximate surface area is 77.9 Å². The minimum absolute atomic E-state index is 0.0424. The third-order valence-corrected chi connectivity index (χ3v) is 5.04. The topological polar surface area (TPSA) is 3.24 Å². The summed E-state index contributed by atoms with van der Waals surface area (Å²) in [6.07, 6.45) is 1.30. The van der Waals surface area contributed by atoms with Gasteiger partial charge in [-0.3, -0.25) is 4.90 Å². The molecule has 0 bridgehead atoms. The van der Waals surface area contributed by atoms with Crippen molar-refractivity contribution < 1.29 is 0 Å². The molecule has 0 aromatic heterocycles. The SMILES string of the molecule is CCC[SiH2]C(Cl)N(CC)CC. The Morgan fingerprint density at radius 1 is 1.27 bits per heavy atom. The Hall–Kier alpha value is 0.467. The van der Waals surface area contributed by atoms with E-state index in [0.29, 0.717) is 5.12 Å². The van der Waals surface area contributed by atoms with Gasteiger partial charge in [-0.25, -0.2) is 0 Å². The van der Waals surface area contributed by atoms with Crippen LogP contribution in [0, 0.1) is 0 Å². The minimum Gasteiger partial charge on any atom is -0.291 e. The highest BCUT2D eigenvalue weighted by Gasteiger charge is 2.10. The van der Waals surface area contributed by atoms with E-state index in [1.54, 1.807) is 0 Å². The molecule has 0 saturated carbocycles. The van der Waals surface area contributed by atoms with Gasteiger partial charge in [0.2, 0.25) is 0 Å². The molecule has 0 amide bonds. The molecule has 0 heterocycles. The molecule has 68 valence electrons. The van der Waals surface area contributed by atoms with Gasteiger partial charge >= 0.3 is 0 Å². The van der Waals surface area contributed by atoms with Gasteiger partial charge in [-0.15, -0.1) is 11.6 Å². The summed E-state index contributed by atoms with van der Waals surface area (Å²) in [4.78, 5) is 2.35. The van der Waals surface area contributed by atoms with Gasteiger partial charge in [0.1, 0.15) is 0 Å². The first kappa shape index (κ1) is 11.5. The second-order valence-electron chi connectivity index (χ2n) is 2.80. The number of halogens is 1. The number of hydrogen-bond acceptors (Lipinski definition) is 1. The zero-order valence-electron chi connectivity index (χ0n) is 7.94. The molecule has 0 radical (unpaired) electrons. The number of alkyl halides is 1. The first-order chi connectivity index (χ1) is 5.26. The van der Waals surface area contributed by atoms with E-state index in [-0.39, 0.29) is 9.52 Å². The summed E-state index contributed by atoms with van der Waals surface area (Å²) >= 11 is 6.21. The first-order valence-electron chi connectivity index (χ1n) is 4.64. The lowest BCUT2D eigenvalue weighted by Crippen LogP contribution is -2.34. The molecule has 1 unspecified atom stereocenters. The van der Waals surface area contributed by atoms with Crippen LogP contribution in [-0.4, -0.2) is 32.6 Å². The smallest absolute Gasteiger partial charge is 0.0680 e. The predicted molar refractivity (Wildman–Crippen MR) is 56.2 cm³/mol. The third-order valence-electron chi connectivity index (χ3n) is 2.00. The maximum Gasteiger partial charge on any atom is 0.0680 e. The van der Waals surface area contributed by atoms with Crippen molar-refractivity contribution in [1.82, 2.24) is 4.90 Å². The monoisotopic (exact) mass is 193 g/mol. The third kappa shape index (κ3) is 4.83. The van der Waals surface area contributed by atoms with Crippen molar-refractivity contribution in [1.29, 1.82) is 0 Å². The lowest BCUT2D eigenvalue weighted by Gasteiger charge is -2.23. The molecule has 0 aliphatic rings. The Morgan fingerprint density at radius 3 is 2.18 bits per heavy atom. The zero-order chi connectivity index (χ0) is 8.69. The zero-order valence-corrected chi connectivity index (χ0v) is 10.1. The fourth-order valence-electron chi connectivity index (χ4n) is 1.17. The molecule has 0 aromatic carbocycles. The highest BCUT2D eigenvalue weighted by atomic mass is 35.5. The van der Waals surface area contributed by atoms with E-state index in [0.717, 1.165) is 13.1 Å². The fourth-order valence-corrected chi connectivity index (χ4v) is 3.54. The van der Waals surface area contributed by atoms with Gasteiger partial charge in [-0.1, -0.05) is 33.2 Å². The van der Waals surface area contributed by atoms with Gasteiger partial charge in [0.05, 0.1) is 14.6 Å². The molecule has 1 atom stereocenters. The Morgan fingerprint density at radius 2 is 1.82 bits per heavy atom. The van der Waals surface area contributed by atoms with Crippen LogP contribution in [0.25, 0.3) is 0 Å². The quantitative estimate of drug-likeness (QED) is 0.354. The van der Waals surface area contributed by atoms with E-state index in [9.17, 15) is 0 Å². The van der Waals surface area contributed by atoms with Gasteiger partial charge in [0.25, 0.3) is 0 Å². The summed E-state index contributed by atoms with van der Waals surface area (Å²) in [6.45, 7) is 8.79. The van der Waals surface area contributed by atoms with E-state index in [2.05, 4.69) is 25.7 Å². The minimum atomic E-state index is -0.0424. The van der Waals surface area contributed by atoms with E-state index in [1.807, 2.05) is 0 Å². The molecule has 0 aliphatic heterocycles. The maximum absolute atomic E-state index is 6.21. The summed E-state index contributed by atoms with van der Waals surface area (Å²) in [5.41, 5.74) is 0. The molecule has 0 saturated heterocycles. The van der Waals surface area contributed by atoms with Crippen LogP contribution < -0.4 is 0 Å². The van der Waals surface area contributed by atoms with Crippen molar-refractivity contribution in [2.75, 3.05) is 13.1 Å². The highest BCUT2D eigenvalue weighted by Crippen LogP contribution is 2.05. The number of rotatable bonds is 6. The lowest BCUT2D eigenvalue weighted by atomic mass is 10.6. The van der Waals surface area contributed by atoms with E-state index >= 15 is 0 Å². The fraction of sp³-hybridized carbons (Fsp3) is 1.00. The number of nitrogens with zero attached hydrogens (tertiary/aromatic N) is 1. The van der Waals surface area contributed by atoms with Gasteiger partial charge in [0.15, 0.2) is 0 Å². The van der Waals surface area contributed by atoms with Gasteiger partial charge < -0.3 is 0 Å². The van der Waals surface area contributed by atoms with Crippen LogP contribution in [0.15, 0.2) is 0 Å². The van der Waals surface area contributed by atoms with Crippen LogP contribution in [0.4, 0.5) is 0 Å². The molecule has 0 spiro atoms. The van der Waals surface area contributed by atoms with Crippen LogP contribution in [-0.2, 0) is 0 Å². The molecular formula is C8H20ClNSi. The van der Waals surface area contributed by atoms with Crippen LogP contribution >= 0.6 is 11.6 Å². The Bertz CT molecular complexity index is 86.2. The number of hydrogen-bond donors (Lipinski definition) is 0. The second kappa shape index (κ2) is 7.13. The molecule has 11 heavy (non-hydrogen) atoms. The maximum atomic E-state index is 6.21. The van der Waals surface area contributed by atoms with Crippen molar-refractivity contribution in [3.8, 4) is 0 Å². The summed E-state index contributed by atoms with van der Waals surface area (Å²) in [7, 11) is -0.0424. The Balaban J connectivity index is 3.51. The Kier molecular flexibility index (Phi) is 7.44. The van der Waals surface area contributed by atoms with Crippen LogP contribution in [0.1, 0.15) is 27.2 Å². The standard InChI is InChI=1S/C8H20ClNSi/c1-4-7-11-8(9)10(5-2)6-3/h8H,4-7,11H2,1-3H3. The second-order valence-corrected chi connectivity index (χ2v) is 5.88. The molecule has 0 rings (SSSR count). The predicted octanol–water partition coefficient (Wildman–Crippen LogP) is 1.85. The van der Waals surface area contributed by atoms with Crippen LogP contribution in [0.5, 0.6) is 0 Å². The van der Waals surface area contributed by atoms with Gasteiger partial charge in [-0.2, -0.15) is 0 Å². The normalized spacial score (nSPS) is 15.0. The van der Waals surface area contributed by atoms with Crippen molar-refractivity contribution >= 4 is 21.1 Å². The van der Waals surface area contributed by atoms with Crippen molar-refractivity contribution in [2.45, 2.75) is 38.4 Å². The van der Waals surface area contributed by atoms with Gasteiger partial charge in [-0.05, 0) is 13.1 Å². The van der Waals surface area contributed by atoms with Crippen molar-refractivity contribution in [2.24, 2.45) is 0 Å². The molecule has 1 nitrogen and oxygen atoms in total. The molecule has 0 aliphatic carbocycles. The summed E-state index contributed by atoms with van der Waals surface area (Å²) in [6, 6.07) is 1.38. The average molecular weight is 194 g/mol. The summed E-state index contributed by atoms with van der Waals surface area (Å²) in [5.74, 6) is 0. The molecular weight excluding hydrogens is 174 g/mol. The lowest BCUT2D eigenvalue weighted by molar-refractivity contribution is 0.328. The van der Waals surface area contributed by atoms with Crippen LogP contribution in [0.2, 0.25) is 6.04 Å². The summed E-state index contributed by atoms with van der Waals surface area (Å²) in [5, 5.41) is 0.393. The van der Waals surface area contributed by atoms with E-state index in [4.69, 9.17) is 11.6 Å². The molecule has 0 aromatic rings. The van der Waals surface area contributed by atoms with Crippen LogP contribution in [0.3, 0.4) is 0 Å². The molecule has 0 fully saturated rings. The first-order valence-corrected chi connectivity index (χ1v) is 6.89. The summed E-state index contributed by atoms with van der Waals surface area (Å²) < 4.78 is 0. The average Bonchev–Trinajstić information content (AvgIpc) is 2.03. The largest absolute Gasteiger partial charge is 0.291 e. The van der Waals surface area contributed by atoms with Gasteiger partial charge in [0, 0.05) is 0 Å². The molecule has 0 N–H and O–H groups in total. The molecule has 3 heteroatoms. The van der Waals surface area contributed by atoms with Crippen molar-refractivity contribution in [3.63, 3.8) is 0 Å². The van der Waals surface area contributed by atoms with E-state index in [1.165, 1.54) is 12.5 Å². The highest BCUT2D eigenvalue weighted by molar-refractivity contribution is 6.52. The van der Waals surface area contributed by atoms with E-state index < -0.39 is 0 Å². The van der Waals surface area contributed by atoms with Crippen molar-refractivity contribution in [3.05, 3.63) is 0 Å².